The average molecular weight is 501 g/mol. The Morgan fingerprint density at radius 1 is 1.11 bits per heavy atom. The number of hydrogen-bond donors (Lipinski definition) is 1. The fraction of sp³-hybridized carbons (Fsp3) is 0.538. The van der Waals surface area contributed by atoms with Crippen LogP contribution in [0.3, 0.4) is 0 Å². The molecule has 1 aromatic carbocycles. The molecular formula is C26H33FN4O5. The lowest BCUT2D eigenvalue weighted by molar-refractivity contribution is -0.133. The van der Waals surface area contributed by atoms with E-state index < -0.39 is 23.1 Å². The number of likely N-dealkylation sites (N-methyl/N-ethyl adjacent to an activating group) is 1. The molecule has 4 rings (SSSR count). The molecule has 0 spiro atoms. The zero-order valence-corrected chi connectivity index (χ0v) is 21.0. The molecule has 2 aliphatic heterocycles. The minimum Gasteiger partial charge on any atom is -0.501 e. The van der Waals surface area contributed by atoms with E-state index in [2.05, 4.69) is 4.98 Å². The van der Waals surface area contributed by atoms with Crippen LogP contribution in [0.25, 0.3) is 0 Å². The Bertz CT molecular complexity index is 1210. The van der Waals surface area contributed by atoms with Crippen molar-refractivity contribution >= 4 is 17.4 Å². The minimum atomic E-state index is -0.713. The lowest BCUT2D eigenvalue weighted by Crippen LogP contribution is -2.38. The Hall–Kier alpha value is -3.27. The molecule has 2 bridgehead atoms. The molecule has 1 aromatic heterocycles. The topological polar surface area (TPSA) is 105 Å². The van der Waals surface area contributed by atoms with Crippen LogP contribution >= 0.6 is 0 Å². The molecule has 1 amide bonds. The number of aromatic hydroxyl groups is 1. The van der Waals surface area contributed by atoms with E-state index in [1.165, 1.54) is 21.6 Å². The number of hydrogen-bond acceptors (Lipinski definition) is 7. The Kier molecular flexibility index (Phi) is 7.73. The van der Waals surface area contributed by atoms with Crippen molar-refractivity contribution in [2.45, 2.75) is 57.5 Å². The smallest absolute Gasteiger partial charge is 0.296 e. The quantitative estimate of drug-likeness (QED) is 0.642. The number of halogens is 1. The Morgan fingerprint density at radius 2 is 1.89 bits per heavy atom. The van der Waals surface area contributed by atoms with E-state index >= 15 is 0 Å². The molecular weight excluding hydrogens is 467 g/mol. The van der Waals surface area contributed by atoms with Crippen LogP contribution < -0.4 is 10.5 Å². The van der Waals surface area contributed by atoms with E-state index in [-0.39, 0.29) is 55.3 Å². The summed E-state index contributed by atoms with van der Waals surface area (Å²) < 4.78 is 21.2. The first-order valence-electron chi connectivity index (χ1n) is 12.4. The fourth-order valence-electron chi connectivity index (χ4n) is 4.94. The van der Waals surface area contributed by atoms with Gasteiger partial charge < -0.3 is 19.6 Å². The number of amides is 1. The van der Waals surface area contributed by atoms with Crippen LogP contribution in [0.1, 0.15) is 73.0 Å². The summed E-state index contributed by atoms with van der Waals surface area (Å²) >= 11 is 0. The third-order valence-corrected chi connectivity index (χ3v) is 7.18. The number of ketones is 1. The van der Waals surface area contributed by atoms with Crippen LogP contribution in [-0.4, -0.2) is 65.1 Å². The van der Waals surface area contributed by atoms with Crippen molar-refractivity contribution in [3.63, 3.8) is 0 Å². The van der Waals surface area contributed by atoms with Gasteiger partial charge in [-0.25, -0.2) is 9.37 Å². The SMILES string of the molecule is CC[C@H]1COCC2c3nc(c(O)c(=O)n31)C(=O)CCc1ccc(F)cc1N(C)CCCCC(=O)N2C. The van der Waals surface area contributed by atoms with Crippen molar-refractivity contribution in [1.29, 1.82) is 0 Å². The maximum absolute atomic E-state index is 14.0. The molecule has 36 heavy (non-hydrogen) atoms. The summed E-state index contributed by atoms with van der Waals surface area (Å²) in [7, 11) is 3.49. The van der Waals surface area contributed by atoms with Gasteiger partial charge in [-0.3, -0.25) is 19.0 Å². The molecule has 3 heterocycles. The molecule has 2 aromatic rings. The summed E-state index contributed by atoms with van der Waals surface area (Å²) in [5, 5.41) is 10.7. The summed E-state index contributed by atoms with van der Waals surface area (Å²) in [6, 6.07) is 3.37. The maximum Gasteiger partial charge on any atom is 0.296 e. The van der Waals surface area contributed by atoms with Crippen molar-refractivity contribution in [2.75, 3.05) is 38.8 Å². The van der Waals surface area contributed by atoms with Crippen molar-refractivity contribution in [3.05, 3.63) is 51.5 Å². The number of aryl methyl sites for hydroxylation is 1. The zero-order valence-electron chi connectivity index (χ0n) is 21.0. The molecule has 1 N–H and O–H groups in total. The number of aromatic nitrogens is 2. The molecule has 194 valence electrons. The normalized spacial score (nSPS) is 21.8. The monoisotopic (exact) mass is 500 g/mol. The third kappa shape index (κ3) is 5.00. The highest BCUT2D eigenvalue weighted by Gasteiger charge is 2.34. The number of anilines is 1. The van der Waals surface area contributed by atoms with Gasteiger partial charge in [0.05, 0.1) is 19.3 Å². The van der Waals surface area contributed by atoms with Crippen molar-refractivity contribution in [3.8, 4) is 5.75 Å². The van der Waals surface area contributed by atoms with Crippen molar-refractivity contribution in [1.82, 2.24) is 14.5 Å². The van der Waals surface area contributed by atoms with Gasteiger partial charge in [-0.1, -0.05) is 13.0 Å². The van der Waals surface area contributed by atoms with Gasteiger partial charge in [0.1, 0.15) is 17.7 Å². The number of rotatable bonds is 1. The first kappa shape index (κ1) is 25.8. The van der Waals surface area contributed by atoms with Crippen LogP contribution in [0, 0.1) is 5.82 Å². The van der Waals surface area contributed by atoms with Gasteiger partial charge in [0, 0.05) is 39.2 Å². The van der Waals surface area contributed by atoms with Crippen LogP contribution in [0.2, 0.25) is 0 Å². The number of carbonyl (C=O) groups is 2. The first-order chi connectivity index (χ1) is 17.2. The highest BCUT2D eigenvalue weighted by atomic mass is 19.1. The standard InChI is InChI=1S/C26H33FN4O5/c1-4-18-14-36-15-20-25-28-23(24(34)26(35)31(18)25)21(32)11-9-16-8-10-17(27)13-19(16)29(2)12-6-5-7-22(33)30(20)3/h8,10,13,18,20,34H,4-7,9,11-12,14-15H2,1-3H3/t18-,20?/m0/s1. The lowest BCUT2D eigenvalue weighted by Gasteiger charge is -2.29. The summed E-state index contributed by atoms with van der Waals surface area (Å²) in [6.07, 6.45) is 2.44. The number of nitrogens with zero attached hydrogens (tertiary/aromatic N) is 4. The maximum atomic E-state index is 14.0. The Balaban J connectivity index is 1.82. The molecule has 2 atom stereocenters. The van der Waals surface area contributed by atoms with E-state index in [1.807, 2.05) is 18.9 Å². The van der Waals surface area contributed by atoms with Gasteiger partial charge in [-0.15, -0.1) is 0 Å². The number of carbonyl (C=O) groups excluding carboxylic acids is 2. The van der Waals surface area contributed by atoms with Gasteiger partial charge >= 0.3 is 0 Å². The number of fused-ring (bicyclic) bond motifs is 2. The predicted octanol–water partition coefficient (Wildman–Crippen LogP) is 3.00. The fourth-order valence-corrected chi connectivity index (χ4v) is 4.94. The van der Waals surface area contributed by atoms with Gasteiger partial charge in [0.15, 0.2) is 11.5 Å². The summed E-state index contributed by atoms with van der Waals surface area (Å²) in [5.41, 5.74) is 0.423. The second kappa shape index (κ2) is 10.8. The Morgan fingerprint density at radius 3 is 2.64 bits per heavy atom. The van der Waals surface area contributed by atoms with Crippen LogP contribution in [0.4, 0.5) is 10.1 Å². The summed E-state index contributed by atoms with van der Waals surface area (Å²) in [5.74, 6) is -1.47. The first-order valence-corrected chi connectivity index (χ1v) is 12.4. The van der Waals surface area contributed by atoms with Gasteiger partial charge in [0.2, 0.25) is 11.7 Å². The second-order valence-electron chi connectivity index (χ2n) is 9.54. The predicted molar refractivity (Wildman–Crippen MR) is 132 cm³/mol. The highest BCUT2D eigenvalue weighted by molar-refractivity contribution is 5.96. The average Bonchev–Trinajstić information content (AvgIpc) is 3.05. The molecule has 0 saturated carbocycles. The number of benzene rings is 1. The van der Waals surface area contributed by atoms with E-state index in [1.54, 1.807) is 13.1 Å². The molecule has 10 heteroatoms. The molecule has 0 saturated heterocycles. The summed E-state index contributed by atoms with van der Waals surface area (Å²) in [4.78, 5) is 47.6. The van der Waals surface area contributed by atoms with E-state index in [0.29, 0.717) is 31.5 Å². The van der Waals surface area contributed by atoms with Crippen molar-refractivity contribution < 1.29 is 23.8 Å². The molecule has 0 radical (unpaired) electrons. The highest BCUT2D eigenvalue weighted by Crippen LogP contribution is 2.30. The zero-order chi connectivity index (χ0) is 26.0. The third-order valence-electron chi connectivity index (χ3n) is 7.18. The molecule has 0 fully saturated rings. The summed E-state index contributed by atoms with van der Waals surface area (Å²) in [6.45, 7) is 2.87. The Labute approximate surface area is 209 Å². The van der Waals surface area contributed by atoms with Crippen LogP contribution in [0.5, 0.6) is 5.75 Å². The molecule has 0 aliphatic carbocycles. The van der Waals surface area contributed by atoms with Gasteiger partial charge in [-0.05, 0) is 43.4 Å². The molecule has 2 aliphatic rings. The molecule has 1 unspecified atom stereocenters. The number of Topliss-reactive ketones (excluding diaryl/α,β-unsaturated/α-hetero) is 1. The largest absolute Gasteiger partial charge is 0.501 e. The van der Waals surface area contributed by atoms with Gasteiger partial charge in [0.25, 0.3) is 5.56 Å². The minimum absolute atomic E-state index is 0.0247. The van der Waals surface area contributed by atoms with Crippen molar-refractivity contribution in [2.24, 2.45) is 0 Å². The molecule has 9 nitrogen and oxygen atoms in total. The van der Waals surface area contributed by atoms with Crippen LogP contribution in [0.15, 0.2) is 23.0 Å². The van der Waals surface area contributed by atoms with E-state index in [0.717, 1.165) is 12.0 Å². The van der Waals surface area contributed by atoms with E-state index in [4.69, 9.17) is 4.74 Å². The number of ether oxygens (including phenoxy) is 1. The van der Waals surface area contributed by atoms with Crippen LogP contribution in [-0.2, 0) is 16.0 Å². The second-order valence-corrected chi connectivity index (χ2v) is 9.54. The van der Waals surface area contributed by atoms with E-state index in [9.17, 15) is 23.9 Å². The lowest BCUT2D eigenvalue weighted by atomic mass is 10.0. The van der Waals surface area contributed by atoms with Gasteiger partial charge in [-0.2, -0.15) is 0 Å².